The fourth-order valence-electron chi connectivity index (χ4n) is 2.35. The highest BCUT2D eigenvalue weighted by Crippen LogP contribution is 2.35. The third-order valence-corrected chi connectivity index (χ3v) is 4.21. The van der Waals surface area contributed by atoms with Gasteiger partial charge in [-0.3, -0.25) is 4.79 Å². The van der Waals surface area contributed by atoms with Crippen LogP contribution in [0.4, 0.5) is 10.5 Å². The van der Waals surface area contributed by atoms with E-state index in [1.54, 1.807) is 0 Å². The Hall–Kier alpha value is -1.56. The van der Waals surface area contributed by atoms with E-state index in [1.165, 1.54) is 0 Å². The van der Waals surface area contributed by atoms with Crippen LogP contribution in [0.25, 0.3) is 0 Å². The molecular weight excluding hydrogens is 324 g/mol. The molecule has 0 heterocycles. The predicted octanol–water partition coefficient (Wildman–Crippen LogP) is 3.28. The Labute approximate surface area is 125 Å². The average Bonchev–Trinajstić information content (AvgIpc) is 2.29. The highest BCUT2D eigenvalue weighted by Gasteiger charge is 2.40. The van der Waals surface area contributed by atoms with E-state index in [9.17, 15) is 9.59 Å². The van der Waals surface area contributed by atoms with Crippen LogP contribution in [0.3, 0.4) is 0 Å². The van der Waals surface area contributed by atoms with Gasteiger partial charge in [0.25, 0.3) is 0 Å². The van der Waals surface area contributed by atoms with Gasteiger partial charge in [0.1, 0.15) is 0 Å². The maximum Gasteiger partial charge on any atom is 0.319 e. The Morgan fingerprint density at radius 2 is 2.10 bits per heavy atom. The fourth-order valence-corrected chi connectivity index (χ4v) is 2.95. The largest absolute Gasteiger partial charge is 0.481 e. The zero-order valence-electron chi connectivity index (χ0n) is 11.2. The van der Waals surface area contributed by atoms with Crippen molar-refractivity contribution < 1.29 is 14.7 Å². The predicted molar refractivity (Wildman–Crippen MR) is 79.9 cm³/mol. The minimum Gasteiger partial charge on any atom is -0.481 e. The van der Waals surface area contributed by atoms with Gasteiger partial charge in [-0.2, -0.15) is 0 Å². The molecule has 0 aromatic heterocycles. The molecule has 0 saturated heterocycles. The van der Waals surface area contributed by atoms with Gasteiger partial charge in [0.15, 0.2) is 0 Å². The molecule has 2 rings (SSSR count). The molecule has 3 N–H and O–H groups in total. The van der Waals surface area contributed by atoms with Gasteiger partial charge in [0, 0.05) is 4.47 Å². The van der Waals surface area contributed by atoms with Crippen molar-refractivity contribution in [1.29, 1.82) is 0 Å². The van der Waals surface area contributed by atoms with Crippen molar-refractivity contribution in [2.24, 2.45) is 0 Å². The number of carbonyl (C=O) groups excluding carboxylic acids is 1. The van der Waals surface area contributed by atoms with Crippen molar-refractivity contribution >= 4 is 33.6 Å². The lowest BCUT2D eigenvalue weighted by Gasteiger charge is -2.41. The molecule has 0 bridgehead atoms. The number of hydrogen-bond acceptors (Lipinski definition) is 2. The number of aryl methyl sites for hydroxylation is 1. The van der Waals surface area contributed by atoms with Gasteiger partial charge in [0.2, 0.25) is 0 Å². The Morgan fingerprint density at radius 3 is 2.60 bits per heavy atom. The van der Waals surface area contributed by atoms with Crippen LogP contribution in [-0.4, -0.2) is 22.6 Å². The zero-order chi connectivity index (χ0) is 14.8. The van der Waals surface area contributed by atoms with Gasteiger partial charge in [-0.1, -0.05) is 6.07 Å². The van der Waals surface area contributed by atoms with E-state index in [-0.39, 0.29) is 12.5 Å². The number of nitrogens with one attached hydrogen (secondary N) is 2. The van der Waals surface area contributed by atoms with Crippen molar-refractivity contribution in [3.8, 4) is 0 Å². The van der Waals surface area contributed by atoms with Crippen molar-refractivity contribution in [2.45, 2.75) is 38.1 Å². The lowest BCUT2D eigenvalue weighted by atomic mass is 9.74. The van der Waals surface area contributed by atoms with Crippen LogP contribution in [0.5, 0.6) is 0 Å². The van der Waals surface area contributed by atoms with Crippen LogP contribution in [0.2, 0.25) is 0 Å². The summed E-state index contributed by atoms with van der Waals surface area (Å²) in [5, 5.41) is 14.5. The minimum absolute atomic E-state index is 0.0323. The number of halogens is 1. The summed E-state index contributed by atoms with van der Waals surface area (Å²) in [6, 6.07) is 5.25. The molecule has 108 valence electrons. The molecule has 1 saturated carbocycles. The molecule has 0 atom stereocenters. The van der Waals surface area contributed by atoms with Crippen LogP contribution in [-0.2, 0) is 4.79 Å². The number of benzene rings is 1. The molecule has 1 aromatic carbocycles. The lowest BCUT2D eigenvalue weighted by Crippen LogP contribution is -2.55. The molecule has 0 unspecified atom stereocenters. The van der Waals surface area contributed by atoms with Gasteiger partial charge in [-0.15, -0.1) is 0 Å². The maximum absolute atomic E-state index is 12.0. The number of anilines is 1. The number of aliphatic carboxylic acids is 1. The summed E-state index contributed by atoms with van der Waals surface area (Å²) >= 11 is 3.39. The smallest absolute Gasteiger partial charge is 0.319 e. The molecule has 0 radical (unpaired) electrons. The number of carbonyl (C=O) groups is 2. The first-order chi connectivity index (χ1) is 9.40. The number of rotatable bonds is 4. The molecule has 0 spiro atoms. The number of carboxylic acid groups (broad SMARTS) is 1. The van der Waals surface area contributed by atoms with Crippen LogP contribution in [0, 0.1) is 6.92 Å². The van der Waals surface area contributed by atoms with Gasteiger partial charge >= 0.3 is 12.0 Å². The second kappa shape index (κ2) is 5.83. The molecule has 5 nitrogen and oxygen atoms in total. The van der Waals surface area contributed by atoms with Gasteiger partial charge in [-0.05, 0) is 59.8 Å². The van der Waals surface area contributed by atoms with E-state index in [4.69, 9.17) is 5.11 Å². The molecule has 20 heavy (non-hydrogen) atoms. The summed E-state index contributed by atoms with van der Waals surface area (Å²) < 4.78 is 0.800. The van der Waals surface area contributed by atoms with Crippen molar-refractivity contribution in [3.63, 3.8) is 0 Å². The lowest BCUT2D eigenvalue weighted by molar-refractivity contribution is -0.139. The van der Waals surface area contributed by atoms with Gasteiger partial charge in [-0.25, -0.2) is 4.79 Å². The Balaban J connectivity index is 1.99. The minimum atomic E-state index is -0.887. The Kier molecular flexibility index (Phi) is 4.32. The third kappa shape index (κ3) is 3.50. The van der Waals surface area contributed by atoms with Gasteiger partial charge < -0.3 is 15.7 Å². The van der Waals surface area contributed by atoms with E-state index in [0.29, 0.717) is 18.5 Å². The first-order valence-corrected chi connectivity index (χ1v) is 7.27. The fraction of sp³-hybridized carbons (Fsp3) is 0.429. The standard InChI is InChI=1S/C14H17BrN2O3/c1-9-3-4-11(10(15)7-9)16-13(20)17-14(5-2-6-14)8-12(18)19/h3-4,7H,2,5-6,8H2,1H3,(H,18,19)(H2,16,17,20). The van der Waals surface area contributed by atoms with Crippen molar-refractivity contribution in [1.82, 2.24) is 5.32 Å². The second-order valence-corrected chi connectivity index (χ2v) is 6.12. The molecule has 2 amide bonds. The van der Waals surface area contributed by atoms with E-state index in [0.717, 1.165) is 16.5 Å². The summed E-state index contributed by atoms with van der Waals surface area (Å²) in [5.74, 6) is -0.887. The topological polar surface area (TPSA) is 78.4 Å². The summed E-state index contributed by atoms with van der Waals surface area (Å²) in [7, 11) is 0. The highest BCUT2D eigenvalue weighted by atomic mass is 79.9. The second-order valence-electron chi connectivity index (χ2n) is 5.27. The zero-order valence-corrected chi connectivity index (χ0v) is 12.8. The average molecular weight is 341 g/mol. The summed E-state index contributed by atoms with van der Waals surface area (Å²) in [6.07, 6.45) is 2.33. The molecule has 1 aromatic rings. The summed E-state index contributed by atoms with van der Waals surface area (Å²) in [6.45, 7) is 1.96. The molecule has 1 aliphatic carbocycles. The molecule has 6 heteroatoms. The maximum atomic E-state index is 12.0. The van der Waals surface area contributed by atoms with E-state index < -0.39 is 11.5 Å². The first-order valence-electron chi connectivity index (χ1n) is 6.47. The first kappa shape index (κ1) is 14.8. The van der Waals surface area contributed by atoms with Crippen molar-refractivity contribution in [2.75, 3.05) is 5.32 Å². The SMILES string of the molecule is Cc1ccc(NC(=O)NC2(CC(=O)O)CCC2)c(Br)c1. The number of amides is 2. The summed E-state index contributed by atoms with van der Waals surface area (Å²) in [5.41, 5.74) is 1.16. The number of carboxylic acids is 1. The van der Waals surface area contributed by atoms with E-state index in [1.807, 2.05) is 25.1 Å². The molecule has 0 aliphatic heterocycles. The third-order valence-electron chi connectivity index (χ3n) is 3.55. The summed E-state index contributed by atoms with van der Waals surface area (Å²) in [4.78, 5) is 22.9. The number of urea groups is 1. The quantitative estimate of drug-likeness (QED) is 0.786. The van der Waals surface area contributed by atoms with E-state index in [2.05, 4.69) is 26.6 Å². The van der Waals surface area contributed by atoms with Crippen LogP contribution >= 0.6 is 15.9 Å². The van der Waals surface area contributed by atoms with Crippen LogP contribution < -0.4 is 10.6 Å². The highest BCUT2D eigenvalue weighted by molar-refractivity contribution is 9.10. The Bertz CT molecular complexity index is 541. The van der Waals surface area contributed by atoms with Crippen LogP contribution in [0.15, 0.2) is 22.7 Å². The van der Waals surface area contributed by atoms with E-state index >= 15 is 0 Å². The van der Waals surface area contributed by atoms with Crippen molar-refractivity contribution in [3.05, 3.63) is 28.2 Å². The van der Waals surface area contributed by atoms with Gasteiger partial charge in [0.05, 0.1) is 17.6 Å². The molecule has 1 aliphatic rings. The monoisotopic (exact) mass is 340 g/mol. The Morgan fingerprint density at radius 1 is 1.40 bits per heavy atom. The molecular formula is C14H17BrN2O3. The van der Waals surface area contributed by atoms with Crippen LogP contribution in [0.1, 0.15) is 31.2 Å². The normalized spacial score (nSPS) is 16.1. The molecule has 1 fully saturated rings. The number of hydrogen-bond donors (Lipinski definition) is 3.